The molecule has 0 atom stereocenters. The van der Waals surface area contributed by atoms with Gasteiger partial charge in [-0.1, -0.05) is 50.3 Å². The number of hydrogen-bond acceptors (Lipinski definition) is 2. The van der Waals surface area contributed by atoms with Crippen LogP contribution in [-0.4, -0.2) is 20.3 Å². The van der Waals surface area contributed by atoms with Gasteiger partial charge in [-0.25, -0.2) is 0 Å². The van der Waals surface area contributed by atoms with E-state index in [9.17, 15) is 22.1 Å². The van der Waals surface area contributed by atoms with E-state index in [1.807, 2.05) is 0 Å². The van der Waals surface area contributed by atoms with Crippen molar-refractivity contribution in [3.05, 3.63) is 33.9 Å². The molecule has 0 amide bonds. The summed E-state index contributed by atoms with van der Waals surface area (Å²) < 4.78 is 48.4. The van der Waals surface area contributed by atoms with E-state index in [0.29, 0.717) is 6.42 Å². The number of benzene rings is 1. The maximum Gasteiger partial charge on any atom is 0.673 e. The van der Waals surface area contributed by atoms with Gasteiger partial charge >= 0.3 is 34.4 Å². The molecule has 0 saturated heterocycles. The van der Waals surface area contributed by atoms with Crippen LogP contribution >= 0.6 is 0 Å². The summed E-state index contributed by atoms with van der Waals surface area (Å²) in [7, 11) is -4.55. The molecule has 0 bridgehead atoms. The molecule has 0 aliphatic heterocycles. The van der Waals surface area contributed by atoms with E-state index < -0.39 is 7.25 Å². The lowest BCUT2D eigenvalue weighted by molar-refractivity contribution is -0.535. The molecule has 1 aromatic rings. The topological polar surface area (TPSA) is 26.3 Å². The Morgan fingerprint density at radius 3 is 2.04 bits per heavy atom. The fraction of sp³-hybridized carbons (Fsp3) is 0.526. The highest BCUT2D eigenvalue weighted by atomic mass is 127. The Hall–Kier alpha value is -1.24. The third-order valence-corrected chi connectivity index (χ3v) is 5.36. The molecule has 0 spiro atoms. The SMILES string of the molecule is COC(=O)CCCCCCCCCC#C[I+]c1ccccc1.F[B-](F)(F)F. The van der Waals surface area contributed by atoms with Crippen molar-refractivity contribution in [3.63, 3.8) is 0 Å². The van der Waals surface area contributed by atoms with Gasteiger partial charge in [-0.3, -0.25) is 4.79 Å². The van der Waals surface area contributed by atoms with E-state index in [4.69, 9.17) is 0 Å². The van der Waals surface area contributed by atoms with Crippen LogP contribution in [0.2, 0.25) is 0 Å². The normalized spacial score (nSPS) is 10.3. The van der Waals surface area contributed by atoms with E-state index in [2.05, 4.69) is 44.9 Å². The standard InChI is InChI=1S/C19H26IO2.BF4/c1-22-19(21)16-12-7-5-3-2-4-6-8-13-17-20-18-14-10-9-11-15-18;2-1(3,4)5/h9-11,14-15H,2-8,12,16H2,1H3;/q+1;-1. The zero-order chi connectivity index (χ0) is 20.4. The quantitative estimate of drug-likeness (QED) is 0.124. The lowest BCUT2D eigenvalue weighted by Gasteiger charge is -2.00. The van der Waals surface area contributed by atoms with Crippen LogP contribution in [0.4, 0.5) is 17.3 Å². The van der Waals surface area contributed by atoms with Crippen LogP contribution in [0.15, 0.2) is 30.3 Å². The van der Waals surface area contributed by atoms with Crippen molar-refractivity contribution in [1.82, 2.24) is 0 Å². The molecule has 0 aliphatic rings. The maximum absolute atomic E-state index is 10.9. The largest absolute Gasteiger partial charge is 0.673 e. The first-order valence-electron chi connectivity index (χ1n) is 8.94. The van der Waals surface area contributed by atoms with Gasteiger partial charge in [0.15, 0.2) is 3.93 Å². The summed E-state index contributed by atoms with van der Waals surface area (Å²) in [5, 5.41) is 0. The maximum atomic E-state index is 10.9. The van der Waals surface area contributed by atoms with Gasteiger partial charge in [-0.2, -0.15) is 0 Å². The summed E-state index contributed by atoms with van der Waals surface area (Å²) in [5.41, 5.74) is 0. The minimum Gasteiger partial charge on any atom is -0.469 e. The molecule has 0 saturated carbocycles. The van der Waals surface area contributed by atoms with Crippen molar-refractivity contribution in [3.8, 4) is 9.85 Å². The van der Waals surface area contributed by atoms with Crippen LogP contribution < -0.4 is 21.2 Å². The minimum absolute atomic E-state index is 0.0862. The van der Waals surface area contributed by atoms with Gasteiger partial charge in [-0.05, 0) is 30.9 Å². The molecule has 0 heterocycles. The van der Waals surface area contributed by atoms with E-state index in [1.54, 1.807) is 0 Å². The Morgan fingerprint density at radius 2 is 1.48 bits per heavy atom. The smallest absolute Gasteiger partial charge is 0.469 e. The number of unbranched alkanes of at least 4 members (excludes halogenated alkanes) is 7. The number of methoxy groups -OCH3 is 1. The lowest BCUT2D eigenvalue weighted by atomic mass is 10.1. The fourth-order valence-corrected chi connectivity index (χ4v) is 3.63. The van der Waals surface area contributed by atoms with Crippen LogP contribution in [0.5, 0.6) is 0 Å². The van der Waals surface area contributed by atoms with Gasteiger partial charge in [0, 0.05) is 12.8 Å². The molecule has 0 aromatic heterocycles. The van der Waals surface area contributed by atoms with E-state index in [1.165, 1.54) is 42.8 Å². The molecule has 0 N–H and O–H groups in total. The van der Waals surface area contributed by atoms with Gasteiger partial charge in [-0.15, -0.1) is 0 Å². The first-order valence-corrected chi connectivity index (χ1v) is 11.1. The van der Waals surface area contributed by atoms with E-state index in [0.717, 1.165) is 19.3 Å². The Labute approximate surface area is 169 Å². The highest BCUT2D eigenvalue weighted by Gasteiger charge is 2.20. The third-order valence-electron chi connectivity index (χ3n) is 3.37. The van der Waals surface area contributed by atoms with E-state index in [-0.39, 0.29) is 27.2 Å². The molecule has 0 aliphatic carbocycles. The first-order chi connectivity index (χ1) is 12.8. The molecule has 0 fully saturated rings. The second kappa shape index (κ2) is 16.9. The van der Waals surface area contributed by atoms with Crippen LogP contribution in [0, 0.1) is 13.4 Å². The highest BCUT2D eigenvalue weighted by molar-refractivity contribution is 6.50. The molecule has 0 unspecified atom stereocenters. The predicted octanol–water partition coefficient (Wildman–Crippen LogP) is 2.89. The van der Waals surface area contributed by atoms with E-state index >= 15 is 0 Å². The summed E-state index contributed by atoms with van der Waals surface area (Å²) in [6.45, 7) is 0. The average Bonchev–Trinajstić information content (AvgIpc) is 2.62. The van der Waals surface area contributed by atoms with Gasteiger partial charge in [0.25, 0.3) is 0 Å². The average molecular weight is 500 g/mol. The summed E-state index contributed by atoms with van der Waals surface area (Å²) >= 11 is -0.116. The van der Waals surface area contributed by atoms with Gasteiger partial charge < -0.3 is 22.0 Å². The van der Waals surface area contributed by atoms with Crippen molar-refractivity contribution >= 4 is 13.2 Å². The van der Waals surface area contributed by atoms with Crippen molar-refractivity contribution in [2.45, 2.75) is 57.8 Å². The fourth-order valence-electron chi connectivity index (χ4n) is 2.08. The summed E-state index contributed by atoms with van der Waals surface area (Å²) in [5.74, 6) is 3.23. The molecule has 27 heavy (non-hydrogen) atoms. The molecule has 152 valence electrons. The number of carbonyl (C=O) groups excluding carboxylic acids is 1. The van der Waals surface area contributed by atoms with Gasteiger partial charge in [0.1, 0.15) is 0 Å². The van der Waals surface area contributed by atoms with Crippen molar-refractivity contribution in [1.29, 1.82) is 0 Å². The number of ether oxygens (including phenoxy) is 1. The summed E-state index contributed by atoms with van der Waals surface area (Å²) in [4.78, 5) is 10.9. The Kier molecular flexibility index (Phi) is 16.1. The van der Waals surface area contributed by atoms with Crippen molar-refractivity contribution < 1.29 is 48.0 Å². The van der Waals surface area contributed by atoms with Crippen LogP contribution in [0.1, 0.15) is 57.8 Å². The zero-order valence-electron chi connectivity index (χ0n) is 15.5. The molecule has 8 heteroatoms. The van der Waals surface area contributed by atoms with Gasteiger partial charge in [0.2, 0.25) is 3.57 Å². The first kappa shape index (κ1) is 25.8. The molecule has 0 radical (unpaired) electrons. The van der Waals surface area contributed by atoms with Crippen LogP contribution in [-0.2, 0) is 9.53 Å². The van der Waals surface area contributed by atoms with Gasteiger partial charge in [0.05, 0.1) is 7.11 Å². The zero-order valence-corrected chi connectivity index (χ0v) is 17.7. The molecule has 1 aromatic carbocycles. The number of carbonyl (C=O) groups is 1. The molecule has 2 nitrogen and oxygen atoms in total. The highest BCUT2D eigenvalue weighted by Crippen LogP contribution is 2.09. The third kappa shape index (κ3) is 22.7. The Balaban J connectivity index is 0.00000119. The number of hydrogen-bond donors (Lipinski definition) is 0. The van der Waals surface area contributed by atoms with Crippen molar-refractivity contribution in [2.24, 2.45) is 0 Å². The Morgan fingerprint density at radius 1 is 0.963 bits per heavy atom. The van der Waals surface area contributed by atoms with Crippen LogP contribution in [0.25, 0.3) is 0 Å². The Bertz CT molecular complexity index is 550. The number of halogens is 5. The molecular weight excluding hydrogens is 474 g/mol. The summed E-state index contributed by atoms with van der Waals surface area (Å²) in [6, 6.07) is 10.6. The summed E-state index contributed by atoms with van der Waals surface area (Å²) in [6.07, 6.45) is 9.97. The second-order valence-corrected chi connectivity index (χ2v) is 8.03. The molecule has 1 rings (SSSR count). The lowest BCUT2D eigenvalue weighted by Crippen LogP contribution is -3.59. The van der Waals surface area contributed by atoms with Crippen LogP contribution in [0.3, 0.4) is 0 Å². The monoisotopic (exact) mass is 500 g/mol. The number of rotatable bonds is 10. The minimum atomic E-state index is -6.00. The molecular formula is C19H26BF4IO2. The predicted molar refractivity (Wildman–Crippen MR) is 96.7 cm³/mol. The van der Waals surface area contributed by atoms with Crippen molar-refractivity contribution in [2.75, 3.05) is 7.11 Å². The second-order valence-electron chi connectivity index (χ2n) is 5.71. The number of esters is 1.